The number of hydrogen-bond donors (Lipinski definition) is 1. The Kier molecular flexibility index (Phi) is 2.66. The predicted octanol–water partition coefficient (Wildman–Crippen LogP) is 1.44. The summed E-state index contributed by atoms with van der Waals surface area (Å²) < 4.78 is 11.0. The van der Waals surface area contributed by atoms with Gasteiger partial charge in [0.25, 0.3) is 0 Å². The van der Waals surface area contributed by atoms with Crippen LogP contribution in [0.15, 0.2) is 18.2 Å². The summed E-state index contributed by atoms with van der Waals surface area (Å²) in [6.45, 7) is 1.60. The molecule has 0 radical (unpaired) electrons. The van der Waals surface area contributed by atoms with E-state index in [9.17, 15) is 0 Å². The van der Waals surface area contributed by atoms with E-state index in [0.717, 1.165) is 27.1 Å². The van der Waals surface area contributed by atoms with Gasteiger partial charge in [0.1, 0.15) is 23.2 Å². The summed E-state index contributed by atoms with van der Waals surface area (Å²) in [7, 11) is 0. The zero-order chi connectivity index (χ0) is 11.7. The highest BCUT2D eigenvalue weighted by molar-refractivity contribution is 7.14. The number of benzene rings is 1. The Bertz CT molecular complexity index is 541. The summed E-state index contributed by atoms with van der Waals surface area (Å²) in [4.78, 5) is 0. The normalized spacial score (nSPS) is 13.7. The number of fused-ring (bicyclic) bond motifs is 1. The van der Waals surface area contributed by atoms with Crippen molar-refractivity contribution in [2.45, 2.75) is 6.54 Å². The summed E-state index contributed by atoms with van der Waals surface area (Å²) >= 11 is 1.49. The van der Waals surface area contributed by atoms with Gasteiger partial charge in [0.15, 0.2) is 11.5 Å². The largest absolute Gasteiger partial charge is 0.486 e. The lowest BCUT2D eigenvalue weighted by Gasteiger charge is -2.18. The van der Waals surface area contributed by atoms with Crippen molar-refractivity contribution in [3.8, 4) is 22.1 Å². The SMILES string of the molecule is NCc1nnc(-c2ccc3c(c2)OCCO3)s1. The first-order valence-corrected chi connectivity index (χ1v) is 6.11. The fraction of sp³-hybridized carbons (Fsp3) is 0.273. The third-order valence-corrected chi connectivity index (χ3v) is 3.43. The topological polar surface area (TPSA) is 70.3 Å². The van der Waals surface area contributed by atoms with Crippen LogP contribution in [0.5, 0.6) is 11.5 Å². The van der Waals surface area contributed by atoms with Crippen molar-refractivity contribution in [3.05, 3.63) is 23.2 Å². The number of rotatable bonds is 2. The lowest BCUT2D eigenvalue weighted by Crippen LogP contribution is -2.15. The van der Waals surface area contributed by atoms with Gasteiger partial charge in [-0.05, 0) is 18.2 Å². The van der Waals surface area contributed by atoms with Gasteiger partial charge in [-0.1, -0.05) is 11.3 Å². The van der Waals surface area contributed by atoms with Crippen LogP contribution >= 0.6 is 11.3 Å². The van der Waals surface area contributed by atoms with Crippen LogP contribution in [0.25, 0.3) is 10.6 Å². The maximum Gasteiger partial charge on any atom is 0.162 e. The summed E-state index contributed by atoms with van der Waals surface area (Å²) in [5, 5.41) is 9.77. The second kappa shape index (κ2) is 4.31. The minimum Gasteiger partial charge on any atom is -0.486 e. The van der Waals surface area contributed by atoms with E-state index in [4.69, 9.17) is 15.2 Å². The fourth-order valence-corrected chi connectivity index (χ4v) is 2.34. The molecular formula is C11H11N3O2S. The third-order valence-electron chi connectivity index (χ3n) is 2.43. The summed E-state index contributed by atoms with van der Waals surface area (Å²) in [6, 6.07) is 5.77. The molecule has 0 bridgehead atoms. The quantitative estimate of drug-likeness (QED) is 0.872. The van der Waals surface area contributed by atoms with Gasteiger partial charge in [-0.25, -0.2) is 0 Å². The zero-order valence-corrected chi connectivity index (χ0v) is 9.87. The van der Waals surface area contributed by atoms with E-state index in [2.05, 4.69) is 10.2 Å². The number of nitrogens with two attached hydrogens (primary N) is 1. The van der Waals surface area contributed by atoms with E-state index < -0.39 is 0 Å². The van der Waals surface area contributed by atoms with Gasteiger partial charge in [-0.3, -0.25) is 0 Å². The van der Waals surface area contributed by atoms with Crippen molar-refractivity contribution in [3.63, 3.8) is 0 Å². The molecule has 88 valence electrons. The number of aromatic nitrogens is 2. The van der Waals surface area contributed by atoms with Crippen molar-refractivity contribution in [2.24, 2.45) is 5.73 Å². The fourth-order valence-electron chi connectivity index (χ4n) is 1.63. The molecule has 0 spiro atoms. The van der Waals surface area contributed by atoms with Crippen molar-refractivity contribution >= 4 is 11.3 Å². The molecule has 0 fully saturated rings. The average molecular weight is 249 g/mol. The molecule has 1 aliphatic heterocycles. The number of nitrogens with zero attached hydrogens (tertiary/aromatic N) is 2. The van der Waals surface area contributed by atoms with E-state index in [1.165, 1.54) is 11.3 Å². The van der Waals surface area contributed by atoms with Crippen LogP contribution in [0.1, 0.15) is 5.01 Å². The lowest BCUT2D eigenvalue weighted by molar-refractivity contribution is 0.171. The van der Waals surface area contributed by atoms with Crippen LogP contribution in [0, 0.1) is 0 Å². The van der Waals surface area contributed by atoms with Crippen molar-refractivity contribution < 1.29 is 9.47 Å². The van der Waals surface area contributed by atoms with Gasteiger partial charge in [0.05, 0.1) is 0 Å². The van der Waals surface area contributed by atoms with Crippen LogP contribution in [0.2, 0.25) is 0 Å². The summed E-state index contributed by atoms with van der Waals surface area (Å²) in [5.41, 5.74) is 6.49. The van der Waals surface area contributed by atoms with E-state index in [1.807, 2.05) is 18.2 Å². The molecule has 0 saturated carbocycles. The average Bonchev–Trinajstić information content (AvgIpc) is 2.87. The Morgan fingerprint density at radius 3 is 2.76 bits per heavy atom. The molecule has 2 N–H and O–H groups in total. The molecule has 2 aromatic rings. The molecule has 1 aromatic heterocycles. The van der Waals surface area contributed by atoms with Crippen LogP contribution in [-0.2, 0) is 6.54 Å². The minimum absolute atomic E-state index is 0.419. The highest BCUT2D eigenvalue weighted by Gasteiger charge is 2.14. The van der Waals surface area contributed by atoms with E-state index in [0.29, 0.717) is 19.8 Å². The van der Waals surface area contributed by atoms with Crippen LogP contribution in [0.3, 0.4) is 0 Å². The van der Waals surface area contributed by atoms with Gasteiger partial charge >= 0.3 is 0 Å². The molecule has 1 aromatic carbocycles. The molecule has 0 amide bonds. The van der Waals surface area contributed by atoms with E-state index in [-0.39, 0.29) is 0 Å². The van der Waals surface area contributed by atoms with Crippen molar-refractivity contribution in [2.75, 3.05) is 13.2 Å². The molecule has 0 unspecified atom stereocenters. The molecule has 3 rings (SSSR count). The molecule has 17 heavy (non-hydrogen) atoms. The van der Waals surface area contributed by atoms with Crippen molar-refractivity contribution in [1.82, 2.24) is 10.2 Å². The molecule has 1 aliphatic rings. The van der Waals surface area contributed by atoms with Crippen LogP contribution < -0.4 is 15.2 Å². The Labute approximate surface area is 102 Å². The summed E-state index contributed by atoms with van der Waals surface area (Å²) in [6.07, 6.45) is 0. The molecule has 6 heteroatoms. The first-order chi connectivity index (χ1) is 8.36. The Morgan fingerprint density at radius 1 is 1.18 bits per heavy atom. The van der Waals surface area contributed by atoms with Crippen LogP contribution in [-0.4, -0.2) is 23.4 Å². The Balaban J connectivity index is 1.97. The first-order valence-electron chi connectivity index (χ1n) is 5.29. The van der Waals surface area contributed by atoms with Crippen LogP contribution in [0.4, 0.5) is 0 Å². The molecule has 2 heterocycles. The van der Waals surface area contributed by atoms with Gasteiger partial charge in [0.2, 0.25) is 0 Å². The first kappa shape index (κ1) is 10.5. The molecule has 5 nitrogen and oxygen atoms in total. The maximum atomic E-state index is 5.53. The van der Waals surface area contributed by atoms with Gasteiger partial charge in [0, 0.05) is 12.1 Å². The lowest BCUT2D eigenvalue weighted by atomic mass is 10.2. The van der Waals surface area contributed by atoms with Gasteiger partial charge in [-0.15, -0.1) is 10.2 Å². The maximum absolute atomic E-state index is 5.53. The summed E-state index contributed by atoms with van der Waals surface area (Å²) in [5.74, 6) is 1.54. The predicted molar refractivity (Wildman–Crippen MR) is 64.2 cm³/mol. The number of hydrogen-bond acceptors (Lipinski definition) is 6. The van der Waals surface area contributed by atoms with E-state index >= 15 is 0 Å². The molecular weight excluding hydrogens is 238 g/mol. The second-order valence-corrected chi connectivity index (χ2v) is 4.63. The highest BCUT2D eigenvalue weighted by Crippen LogP contribution is 2.35. The minimum atomic E-state index is 0.419. The smallest absolute Gasteiger partial charge is 0.162 e. The van der Waals surface area contributed by atoms with Gasteiger partial charge in [-0.2, -0.15) is 0 Å². The second-order valence-electron chi connectivity index (χ2n) is 3.56. The Hall–Kier alpha value is -1.66. The third kappa shape index (κ3) is 1.96. The Morgan fingerprint density at radius 2 is 2.00 bits per heavy atom. The highest BCUT2D eigenvalue weighted by atomic mass is 32.1. The molecule has 0 saturated heterocycles. The number of ether oxygens (including phenoxy) is 2. The zero-order valence-electron chi connectivity index (χ0n) is 9.05. The van der Waals surface area contributed by atoms with Gasteiger partial charge < -0.3 is 15.2 Å². The molecule has 0 aliphatic carbocycles. The van der Waals surface area contributed by atoms with E-state index in [1.54, 1.807) is 0 Å². The molecule has 0 atom stereocenters. The monoisotopic (exact) mass is 249 g/mol. The van der Waals surface area contributed by atoms with Crippen molar-refractivity contribution in [1.29, 1.82) is 0 Å². The standard InChI is InChI=1S/C11H11N3O2S/c12-6-10-13-14-11(17-10)7-1-2-8-9(5-7)16-4-3-15-8/h1-2,5H,3-4,6,12H2.